The van der Waals surface area contributed by atoms with E-state index in [1.807, 2.05) is 21.5 Å². The standard InChI is InChI=1S/C22H20ClN5O2S/c1-3-19(29)27-5-4-12(10-27)16-9-15(20-22(24)25-11-26-28(16)20)18-7-13-6-14(23)8-17(30-2)21(13)31-18/h3,6-9,11-12H,1,4-5,10H2,2H3,(H2,24,25,26)/t12-/m0/s1. The van der Waals surface area contributed by atoms with Crippen LogP contribution in [-0.4, -0.2) is 45.6 Å². The Morgan fingerprint density at radius 3 is 3.00 bits per heavy atom. The number of carbonyl (C=O) groups excluding carboxylic acids is 1. The fourth-order valence-corrected chi connectivity index (χ4v) is 5.64. The van der Waals surface area contributed by atoms with Gasteiger partial charge in [-0.05, 0) is 36.1 Å². The minimum Gasteiger partial charge on any atom is -0.495 e. The third-order valence-electron chi connectivity index (χ3n) is 5.74. The Bertz CT molecular complexity index is 1340. The van der Waals surface area contributed by atoms with Crippen molar-refractivity contribution in [1.82, 2.24) is 19.5 Å². The van der Waals surface area contributed by atoms with E-state index in [1.165, 1.54) is 12.4 Å². The number of nitrogen functional groups attached to an aromatic ring is 1. The quantitative estimate of drug-likeness (QED) is 0.464. The lowest BCUT2D eigenvalue weighted by Gasteiger charge is -2.14. The van der Waals surface area contributed by atoms with Crippen LogP contribution >= 0.6 is 22.9 Å². The number of anilines is 1. The van der Waals surface area contributed by atoms with Crippen molar-refractivity contribution in [3.05, 3.63) is 54.0 Å². The van der Waals surface area contributed by atoms with E-state index >= 15 is 0 Å². The average Bonchev–Trinajstić information content (AvgIpc) is 3.48. The first kappa shape index (κ1) is 19.8. The van der Waals surface area contributed by atoms with Crippen molar-refractivity contribution in [2.75, 3.05) is 25.9 Å². The number of thiophene rings is 1. The molecule has 1 aliphatic heterocycles. The number of rotatable bonds is 4. The predicted molar refractivity (Wildman–Crippen MR) is 124 cm³/mol. The van der Waals surface area contributed by atoms with Crippen LogP contribution in [0.25, 0.3) is 26.0 Å². The molecule has 0 aliphatic carbocycles. The molecule has 1 aliphatic rings. The highest BCUT2D eigenvalue weighted by Gasteiger charge is 2.30. The van der Waals surface area contributed by atoms with E-state index in [-0.39, 0.29) is 11.8 Å². The normalized spacial score (nSPS) is 16.3. The van der Waals surface area contributed by atoms with Crippen LogP contribution in [0.5, 0.6) is 5.75 Å². The molecule has 158 valence electrons. The number of hydrogen-bond donors (Lipinski definition) is 1. The van der Waals surface area contributed by atoms with Gasteiger partial charge in [-0.3, -0.25) is 4.79 Å². The maximum Gasteiger partial charge on any atom is 0.245 e. The first-order valence-electron chi connectivity index (χ1n) is 9.81. The number of benzene rings is 1. The molecule has 1 amide bonds. The van der Waals surface area contributed by atoms with Crippen LogP contribution in [0.2, 0.25) is 5.02 Å². The SMILES string of the molecule is C=CC(=O)N1CC[C@H](c2cc(-c3cc4cc(Cl)cc(OC)c4s3)c3c(N)ncnn23)C1. The Labute approximate surface area is 187 Å². The topological polar surface area (TPSA) is 85.8 Å². The maximum atomic E-state index is 12.1. The summed E-state index contributed by atoms with van der Waals surface area (Å²) >= 11 is 7.87. The van der Waals surface area contributed by atoms with Gasteiger partial charge in [0.05, 0.1) is 11.8 Å². The van der Waals surface area contributed by atoms with E-state index in [2.05, 4.69) is 28.8 Å². The summed E-state index contributed by atoms with van der Waals surface area (Å²) in [5.74, 6) is 1.25. The van der Waals surface area contributed by atoms with Gasteiger partial charge in [0.2, 0.25) is 5.91 Å². The van der Waals surface area contributed by atoms with Crippen LogP contribution in [0.3, 0.4) is 0 Å². The minimum atomic E-state index is -0.0498. The molecule has 1 saturated heterocycles. The monoisotopic (exact) mass is 453 g/mol. The molecule has 9 heteroatoms. The van der Waals surface area contributed by atoms with E-state index in [1.54, 1.807) is 18.4 Å². The summed E-state index contributed by atoms with van der Waals surface area (Å²) in [7, 11) is 1.64. The third kappa shape index (κ3) is 3.23. The van der Waals surface area contributed by atoms with Crippen molar-refractivity contribution in [3.63, 3.8) is 0 Å². The van der Waals surface area contributed by atoms with Crippen LogP contribution in [-0.2, 0) is 4.79 Å². The minimum absolute atomic E-state index is 0.0498. The number of amides is 1. The number of halogens is 1. The summed E-state index contributed by atoms with van der Waals surface area (Å²) in [6.07, 6.45) is 3.68. The molecule has 1 aromatic carbocycles. The van der Waals surface area contributed by atoms with Crippen molar-refractivity contribution in [3.8, 4) is 16.2 Å². The van der Waals surface area contributed by atoms with Crippen LogP contribution < -0.4 is 10.5 Å². The van der Waals surface area contributed by atoms with Gasteiger partial charge in [0.25, 0.3) is 0 Å². The molecule has 1 atom stereocenters. The lowest BCUT2D eigenvalue weighted by Crippen LogP contribution is -2.26. The molecule has 5 rings (SSSR count). The number of nitrogens with zero attached hydrogens (tertiary/aromatic N) is 4. The van der Waals surface area contributed by atoms with Crippen LogP contribution in [0, 0.1) is 0 Å². The molecule has 0 radical (unpaired) electrons. The molecule has 1 fully saturated rings. The number of ether oxygens (including phenoxy) is 1. The molecule has 2 N–H and O–H groups in total. The number of fused-ring (bicyclic) bond motifs is 2. The lowest BCUT2D eigenvalue weighted by atomic mass is 10.0. The molecule has 4 aromatic rings. The van der Waals surface area contributed by atoms with Crippen LogP contribution in [0.15, 0.2) is 43.2 Å². The highest BCUT2D eigenvalue weighted by Crippen LogP contribution is 2.44. The second kappa shape index (κ2) is 7.55. The first-order valence-corrected chi connectivity index (χ1v) is 11.0. The number of likely N-dealkylation sites (tertiary alicyclic amines) is 1. The predicted octanol–water partition coefficient (Wildman–Crippen LogP) is 4.36. The molecular formula is C22H20ClN5O2S. The molecule has 4 heterocycles. The molecule has 0 saturated carbocycles. The number of carbonyl (C=O) groups is 1. The van der Waals surface area contributed by atoms with Crippen molar-refractivity contribution >= 4 is 50.3 Å². The zero-order valence-electron chi connectivity index (χ0n) is 16.8. The van der Waals surface area contributed by atoms with Gasteiger partial charge in [-0.25, -0.2) is 9.50 Å². The highest BCUT2D eigenvalue weighted by atomic mass is 35.5. The highest BCUT2D eigenvalue weighted by molar-refractivity contribution is 7.22. The van der Waals surface area contributed by atoms with Gasteiger partial charge in [0.15, 0.2) is 5.82 Å². The summed E-state index contributed by atoms with van der Waals surface area (Å²) in [5.41, 5.74) is 9.03. The lowest BCUT2D eigenvalue weighted by molar-refractivity contribution is -0.125. The molecule has 7 nitrogen and oxygen atoms in total. The molecule has 3 aromatic heterocycles. The van der Waals surface area contributed by atoms with E-state index in [9.17, 15) is 4.79 Å². The van der Waals surface area contributed by atoms with Crippen molar-refractivity contribution < 1.29 is 9.53 Å². The number of nitrogens with two attached hydrogens (primary N) is 1. The van der Waals surface area contributed by atoms with E-state index < -0.39 is 0 Å². The largest absolute Gasteiger partial charge is 0.495 e. The van der Waals surface area contributed by atoms with Crippen molar-refractivity contribution in [2.24, 2.45) is 0 Å². The van der Waals surface area contributed by atoms with Gasteiger partial charge in [-0.15, -0.1) is 11.3 Å². The Morgan fingerprint density at radius 1 is 1.39 bits per heavy atom. The third-order valence-corrected chi connectivity index (χ3v) is 7.15. The van der Waals surface area contributed by atoms with Gasteiger partial charge in [0.1, 0.15) is 17.6 Å². The summed E-state index contributed by atoms with van der Waals surface area (Å²) in [5, 5.41) is 6.11. The van der Waals surface area contributed by atoms with Crippen molar-refractivity contribution in [2.45, 2.75) is 12.3 Å². The summed E-state index contributed by atoms with van der Waals surface area (Å²) in [6.45, 7) is 4.91. The fraction of sp³-hybridized carbons (Fsp3) is 0.227. The number of hydrogen-bond acceptors (Lipinski definition) is 6. The van der Waals surface area contributed by atoms with Gasteiger partial charge in [0, 0.05) is 46.2 Å². The Kier molecular flexibility index (Phi) is 4.83. The van der Waals surface area contributed by atoms with Crippen molar-refractivity contribution in [1.29, 1.82) is 0 Å². The fourth-order valence-electron chi connectivity index (χ4n) is 4.27. The second-order valence-corrected chi connectivity index (χ2v) is 8.99. The van der Waals surface area contributed by atoms with E-state index in [4.69, 9.17) is 22.1 Å². The van der Waals surface area contributed by atoms with E-state index in [0.29, 0.717) is 23.9 Å². The molecule has 0 spiro atoms. The smallest absolute Gasteiger partial charge is 0.245 e. The Morgan fingerprint density at radius 2 is 2.23 bits per heavy atom. The first-order chi connectivity index (χ1) is 15.0. The Hall–Kier alpha value is -3.10. The van der Waals surface area contributed by atoms with Crippen LogP contribution in [0.4, 0.5) is 5.82 Å². The van der Waals surface area contributed by atoms with E-state index in [0.717, 1.165) is 43.9 Å². The second-order valence-electron chi connectivity index (χ2n) is 7.50. The Balaban J connectivity index is 1.66. The van der Waals surface area contributed by atoms with Gasteiger partial charge in [-0.2, -0.15) is 5.10 Å². The van der Waals surface area contributed by atoms with Crippen LogP contribution in [0.1, 0.15) is 18.0 Å². The number of aromatic nitrogens is 3. The molecule has 0 bridgehead atoms. The zero-order chi connectivity index (χ0) is 21.7. The van der Waals surface area contributed by atoms with Gasteiger partial charge in [-0.1, -0.05) is 18.2 Å². The summed E-state index contributed by atoms with van der Waals surface area (Å²) in [4.78, 5) is 19.1. The average molecular weight is 454 g/mol. The molecule has 0 unspecified atom stereocenters. The summed E-state index contributed by atoms with van der Waals surface area (Å²) < 4.78 is 8.40. The summed E-state index contributed by atoms with van der Waals surface area (Å²) in [6, 6.07) is 7.94. The molecular weight excluding hydrogens is 434 g/mol. The van der Waals surface area contributed by atoms with Gasteiger partial charge >= 0.3 is 0 Å². The maximum absolute atomic E-state index is 12.1. The molecule has 31 heavy (non-hydrogen) atoms. The zero-order valence-corrected chi connectivity index (χ0v) is 18.4. The number of methoxy groups -OCH3 is 1. The van der Waals surface area contributed by atoms with Gasteiger partial charge < -0.3 is 15.4 Å².